The Hall–Kier alpha value is -2.09. The fourth-order valence-electron chi connectivity index (χ4n) is 2.10. The minimum absolute atomic E-state index is 0.240. The second-order valence-electron chi connectivity index (χ2n) is 5.26. The van der Waals surface area contributed by atoms with E-state index < -0.39 is 10.0 Å². The van der Waals surface area contributed by atoms with Crippen molar-refractivity contribution in [1.82, 2.24) is 15.4 Å². The normalized spacial score (nSPS) is 12.0. The molecule has 8 heteroatoms. The lowest BCUT2D eigenvalue weighted by Crippen LogP contribution is -2.36. The zero-order chi connectivity index (χ0) is 18.3. The first kappa shape index (κ1) is 19.2. The fourth-order valence-corrected chi connectivity index (χ4v) is 2.95. The standard InChI is InChI=1S/C17H21ClN4O2S/c1-19-17(21-11-13-3-7-15(18)8-4-13)22-12-14-5-9-16(10-6-14)25(23,24)20-2/h3-10,20H,11-12H2,1-2H3,(H2,19,21,22). The van der Waals surface area contributed by atoms with Gasteiger partial charge in [0.2, 0.25) is 10.0 Å². The number of sulfonamides is 1. The number of guanidine groups is 1. The molecular weight excluding hydrogens is 360 g/mol. The predicted molar refractivity (Wildman–Crippen MR) is 101 cm³/mol. The van der Waals surface area contributed by atoms with E-state index in [1.165, 1.54) is 7.05 Å². The van der Waals surface area contributed by atoms with Gasteiger partial charge in [-0.25, -0.2) is 13.1 Å². The van der Waals surface area contributed by atoms with Crippen LogP contribution in [0.25, 0.3) is 0 Å². The van der Waals surface area contributed by atoms with Gasteiger partial charge in [0.1, 0.15) is 0 Å². The summed E-state index contributed by atoms with van der Waals surface area (Å²) in [5, 5.41) is 7.10. The van der Waals surface area contributed by atoms with E-state index in [2.05, 4.69) is 20.3 Å². The fraction of sp³-hybridized carbons (Fsp3) is 0.235. The van der Waals surface area contributed by atoms with Crippen molar-refractivity contribution in [2.45, 2.75) is 18.0 Å². The van der Waals surface area contributed by atoms with Crippen molar-refractivity contribution in [2.75, 3.05) is 14.1 Å². The number of hydrogen-bond acceptors (Lipinski definition) is 3. The van der Waals surface area contributed by atoms with Crippen LogP contribution in [0.5, 0.6) is 0 Å². The number of aliphatic imine (C=N–C) groups is 1. The summed E-state index contributed by atoms with van der Waals surface area (Å²) < 4.78 is 25.7. The van der Waals surface area contributed by atoms with Gasteiger partial charge >= 0.3 is 0 Å². The molecule has 2 aromatic carbocycles. The number of rotatable bonds is 6. The van der Waals surface area contributed by atoms with E-state index in [0.717, 1.165) is 11.1 Å². The van der Waals surface area contributed by atoms with Crippen LogP contribution in [0.1, 0.15) is 11.1 Å². The van der Waals surface area contributed by atoms with Crippen LogP contribution >= 0.6 is 11.6 Å². The van der Waals surface area contributed by atoms with Gasteiger partial charge in [-0.2, -0.15) is 0 Å². The molecule has 0 saturated carbocycles. The SMILES string of the molecule is CN=C(NCc1ccc(Cl)cc1)NCc1ccc(S(=O)(=O)NC)cc1. The van der Waals surface area contributed by atoms with E-state index in [1.807, 2.05) is 24.3 Å². The van der Waals surface area contributed by atoms with Crippen LogP contribution in [0.3, 0.4) is 0 Å². The molecule has 0 radical (unpaired) electrons. The number of nitrogens with zero attached hydrogens (tertiary/aromatic N) is 1. The maximum absolute atomic E-state index is 11.7. The summed E-state index contributed by atoms with van der Waals surface area (Å²) >= 11 is 5.87. The summed E-state index contributed by atoms with van der Waals surface area (Å²) in [6.45, 7) is 1.15. The molecular formula is C17H21ClN4O2S. The summed E-state index contributed by atoms with van der Waals surface area (Å²) in [5.41, 5.74) is 2.04. The smallest absolute Gasteiger partial charge is 0.240 e. The van der Waals surface area contributed by atoms with Crippen molar-refractivity contribution in [1.29, 1.82) is 0 Å². The van der Waals surface area contributed by atoms with Gasteiger partial charge in [-0.1, -0.05) is 35.9 Å². The van der Waals surface area contributed by atoms with Crippen LogP contribution in [0, 0.1) is 0 Å². The zero-order valence-corrected chi connectivity index (χ0v) is 15.7. The summed E-state index contributed by atoms with van der Waals surface area (Å²) in [6.07, 6.45) is 0. The first-order valence-electron chi connectivity index (χ1n) is 7.66. The molecule has 0 aliphatic rings. The number of nitrogens with one attached hydrogen (secondary N) is 3. The molecule has 0 spiro atoms. The molecule has 0 heterocycles. The average Bonchev–Trinajstić information content (AvgIpc) is 2.63. The topological polar surface area (TPSA) is 82.6 Å². The van der Waals surface area contributed by atoms with Gasteiger partial charge < -0.3 is 10.6 Å². The highest BCUT2D eigenvalue weighted by molar-refractivity contribution is 7.89. The molecule has 0 unspecified atom stereocenters. The summed E-state index contributed by atoms with van der Waals surface area (Å²) in [6, 6.07) is 14.3. The number of benzene rings is 2. The Kier molecular flexibility index (Phi) is 6.81. The van der Waals surface area contributed by atoms with Crippen LogP contribution in [-0.4, -0.2) is 28.5 Å². The Bertz CT molecular complexity index is 819. The van der Waals surface area contributed by atoms with E-state index in [9.17, 15) is 8.42 Å². The van der Waals surface area contributed by atoms with E-state index in [1.54, 1.807) is 31.3 Å². The van der Waals surface area contributed by atoms with Crippen molar-refractivity contribution in [3.63, 3.8) is 0 Å². The third-order valence-corrected chi connectivity index (χ3v) is 5.24. The molecule has 6 nitrogen and oxygen atoms in total. The molecule has 0 saturated heterocycles. The highest BCUT2D eigenvalue weighted by Gasteiger charge is 2.10. The lowest BCUT2D eigenvalue weighted by atomic mass is 10.2. The lowest BCUT2D eigenvalue weighted by molar-refractivity contribution is 0.588. The molecule has 0 amide bonds. The Morgan fingerprint density at radius 3 is 1.88 bits per heavy atom. The zero-order valence-electron chi connectivity index (χ0n) is 14.1. The van der Waals surface area contributed by atoms with Crippen LogP contribution in [-0.2, 0) is 23.1 Å². The summed E-state index contributed by atoms with van der Waals surface area (Å²) in [5.74, 6) is 0.655. The monoisotopic (exact) mass is 380 g/mol. The largest absolute Gasteiger partial charge is 0.352 e. The molecule has 0 aliphatic heterocycles. The van der Waals surface area contributed by atoms with Gasteiger partial charge in [-0.3, -0.25) is 4.99 Å². The Balaban J connectivity index is 1.89. The average molecular weight is 381 g/mol. The van der Waals surface area contributed by atoms with Gasteiger partial charge in [0.25, 0.3) is 0 Å². The molecule has 0 atom stereocenters. The summed E-state index contributed by atoms with van der Waals surface area (Å²) in [7, 11) is -0.325. The van der Waals surface area contributed by atoms with Crippen molar-refractivity contribution < 1.29 is 8.42 Å². The molecule has 0 aliphatic carbocycles. The summed E-state index contributed by atoms with van der Waals surface area (Å²) in [4.78, 5) is 4.41. The molecule has 25 heavy (non-hydrogen) atoms. The second-order valence-corrected chi connectivity index (χ2v) is 7.58. The molecule has 0 fully saturated rings. The molecule has 3 N–H and O–H groups in total. The minimum Gasteiger partial charge on any atom is -0.352 e. The number of halogens is 1. The van der Waals surface area contributed by atoms with Gasteiger partial charge in [0, 0.05) is 25.2 Å². The first-order chi connectivity index (χ1) is 11.9. The molecule has 2 aromatic rings. The molecule has 2 rings (SSSR count). The predicted octanol–water partition coefficient (Wildman–Crippen LogP) is 2.11. The highest BCUT2D eigenvalue weighted by Crippen LogP contribution is 2.10. The Morgan fingerprint density at radius 1 is 0.960 bits per heavy atom. The Morgan fingerprint density at radius 2 is 1.44 bits per heavy atom. The third kappa shape index (κ3) is 5.74. The highest BCUT2D eigenvalue weighted by atomic mass is 35.5. The van der Waals surface area contributed by atoms with Crippen molar-refractivity contribution in [3.05, 3.63) is 64.7 Å². The van der Waals surface area contributed by atoms with Crippen LogP contribution in [0.2, 0.25) is 5.02 Å². The van der Waals surface area contributed by atoms with Crippen LogP contribution in [0.15, 0.2) is 58.4 Å². The molecule has 0 bridgehead atoms. The van der Waals surface area contributed by atoms with Gasteiger partial charge in [0.15, 0.2) is 5.96 Å². The van der Waals surface area contributed by atoms with Crippen molar-refractivity contribution in [3.8, 4) is 0 Å². The molecule has 0 aromatic heterocycles. The third-order valence-electron chi connectivity index (χ3n) is 3.56. The molecule has 134 valence electrons. The van der Waals surface area contributed by atoms with Gasteiger partial charge in [-0.15, -0.1) is 0 Å². The second kappa shape index (κ2) is 8.84. The quantitative estimate of drug-likeness (QED) is 0.529. The maximum atomic E-state index is 11.7. The van der Waals surface area contributed by atoms with Crippen LogP contribution in [0.4, 0.5) is 0 Å². The lowest BCUT2D eigenvalue weighted by Gasteiger charge is -2.12. The maximum Gasteiger partial charge on any atom is 0.240 e. The first-order valence-corrected chi connectivity index (χ1v) is 9.52. The van der Waals surface area contributed by atoms with Crippen LogP contribution < -0.4 is 15.4 Å². The minimum atomic E-state index is -3.41. The van der Waals surface area contributed by atoms with Gasteiger partial charge in [-0.05, 0) is 42.4 Å². The number of hydrogen-bond donors (Lipinski definition) is 3. The van der Waals surface area contributed by atoms with Crippen molar-refractivity contribution >= 4 is 27.6 Å². The van der Waals surface area contributed by atoms with E-state index in [-0.39, 0.29) is 4.90 Å². The van der Waals surface area contributed by atoms with E-state index >= 15 is 0 Å². The van der Waals surface area contributed by atoms with Crippen molar-refractivity contribution in [2.24, 2.45) is 4.99 Å². The van der Waals surface area contributed by atoms with Gasteiger partial charge in [0.05, 0.1) is 4.90 Å². The van der Waals surface area contributed by atoms with E-state index in [4.69, 9.17) is 11.6 Å². The Labute approximate surface area is 153 Å². The van der Waals surface area contributed by atoms with E-state index in [0.29, 0.717) is 24.1 Å².